The monoisotopic (exact) mass is 221 g/mol. The summed E-state index contributed by atoms with van der Waals surface area (Å²) < 4.78 is 0. The van der Waals surface area contributed by atoms with Crippen molar-refractivity contribution in [1.82, 2.24) is 10.7 Å². The molecule has 0 unspecified atom stereocenters. The maximum Gasteiger partial charge on any atom is 0.251 e. The van der Waals surface area contributed by atoms with E-state index in [0.717, 1.165) is 0 Å². The first-order valence-electron chi connectivity index (χ1n) is 5.06. The standard InChI is InChI=1S/C11H15N3O2/c12-14-10(15)7-4-8-13-11(16)9-5-2-1-3-6-9/h1-3,5-6H,4,7-8,12H2,(H,13,16)(H,14,15). The Labute approximate surface area is 94.0 Å². The van der Waals surface area contributed by atoms with Crippen LogP contribution in [0.1, 0.15) is 23.2 Å². The highest BCUT2D eigenvalue weighted by atomic mass is 16.2. The van der Waals surface area contributed by atoms with Crippen LogP contribution in [0.15, 0.2) is 30.3 Å². The summed E-state index contributed by atoms with van der Waals surface area (Å²) >= 11 is 0. The highest BCUT2D eigenvalue weighted by Crippen LogP contribution is 1.97. The van der Waals surface area contributed by atoms with Crippen LogP contribution in [0.4, 0.5) is 0 Å². The lowest BCUT2D eigenvalue weighted by Crippen LogP contribution is -2.31. The molecule has 5 nitrogen and oxygen atoms in total. The van der Waals surface area contributed by atoms with Gasteiger partial charge in [-0.25, -0.2) is 5.84 Å². The molecule has 0 aliphatic heterocycles. The van der Waals surface area contributed by atoms with Crippen LogP contribution in [0.3, 0.4) is 0 Å². The van der Waals surface area contributed by atoms with Crippen molar-refractivity contribution >= 4 is 11.8 Å². The van der Waals surface area contributed by atoms with Gasteiger partial charge in [-0.2, -0.15) is 0 Å². The van der Waals surface area contributed by atoms with E-state index in [1.165, 1.54) is 0 Å². The molecule has 0 saturated carbocycles. The van der Waals surface area contributed by atoms with Crippen LogP contribution in [-0.4, -0.2) is 18.4 Å². The largest absolute Gasteiger partial charge is 0.352 e. The van der Waals surface area contributed by atoms with E-state index in [4.69, 9.17) is 5.84 Å². The summed E-state index contributed by atoms with van der Waals surface area (Å²) in [5.41, 5.74) is 2.65. The number of rotatable bonds is 5. The highest BCUT2D eigenvalue weighted by molar-refractivity contribution is 5.94. The van der Waals surface area contributed by atoms with Gasteiger partial charge in [0.05, 0.1) is 0 Å². The smallest absolute Gasteiger partial charge is 0.251 e. The minimum absolute atomic E-state index is 0.131. The summed E-state index contributed by atoms with van der Waals surface area (Å²) in [6, 6.07) is 8.93. The van der Waals surface area contributed by atoms with E-state index in [-0.39, 0.29) is 11.8 Å². The van der Waals surface area contributed by atoms with Gasteiger partial charge in [0.2, 0.25) is 5.91 Å². The van der Waals surface area contributed by atoms with Gasteiger partial charge in [-0.1, -0.05) is 18.2 Å². The van der Waals surface area contributed by atoms with Gasteiger partial charge in [0, 0.05) is 18.5 Å². The second kappa shape index (κ2) is 6.58. The summed E-state index contributed by atoms with van der Waals surface area (Å²) in [5.74, 6) is 4.56. The molecule has 1 rings (SSSR count). The molecular weight excluding hydrogens is 206 g/mol. The fraction of sp³-hybridized carbons (Fsp3) is 0.273. The first kappa shape index (κ1) is 12.2. The Morgan fingerprint density at radius 2 is 1.88 bits per heavy atom. The number of nitrogens with two attached hydrogens (primary N) is 1. The third-order valence-corrected chi connectivity index (χ3v) is 2.06. The van der Waals surface area contributed by atoms with Gasteiger partial charge in [-0.05, 0) is 18.6 Å². The number of hydrazine groups is 1. The van der Waals surface area contributed by atoms with E-state index >= 15 is 0 Å². The van der Waals surface area contributed by atoms with Gasteiger partial charge in [0.1, 0.15) is 0 Å². The normalized spacial score (nSPS) is 9.56. The summed E-state index contributed by atoms with van der Waals surface area (Å²) in [4.78, 5) is 22.3. The van der Waals surface area contributed by atoms with Gasteiger partial charge >= 0.3 is 0 Å². The van der Waals surface area contributed by atoms with Crippen molar-refractivity contribution in [1.29, 1.82) is 0 Å². The SMILES string of the molecule is NNC(=O)CCCNC(=O)c1ccccc1. The van der Waals surface area contributed by atoms with Crippen molar-refractivity contribution in [3.05, 3.63) is 35.9 Å². The zero-order chi connectivity index (χ0) is 11.8. The van der Waals surface area contributed by atoms with Gasteiger partial charge in [0.25, 0.3) is 5.91 Å². The van der Waals surface area contributed by atoms with Crippen molar-refractivity contribution in [3.63, 3.8) is 0 Å². The lowest BCUT2D eigenvalue weighted by molar-refractivity contribution is -0.121. The van der Waals surface area contributed by atoms with E-state index in [1.54, 1.807) is 24.3 Å². The molecule has 0 bridgehead atoms. The fourth-order valence-electron chi connectivity index (χ4n) is 1.21. The number of amides is 2. The Hall–Kier alpha value is -1.88. The van der Waals surface area contributed by atoms with Gasteiger partial charge < -0.3 is 5.32 Å². The number of benzene rings is 1. The Kier molecular flexibility index (Phi) is 5.01. The number of hydrogen-bond donors (Lipinski definition) is 3. The van der Waals surface area contributed by atoms with Crippen molar-refractivity contribution < 1.29 is 9.59 Å². The van der Waals surface area contributed by atoms with Crippen LogP contribution in [-0.2, 0) is 4.79 Å². The Morgan fingerprint density at radius 1 is 1.19 bits per heavy atom. The molecule has 0 aliphatic rings. The zero-order valence-corrected chi connectivity index (χ0v) is 8.90. The minimum Gasteiger partial charge on any atom is -0.352 e. The first-order valence-corrected chi connectivity index (χ1v) is 5.06. The molecule has 1 aromatic rings. The van der Waals surface area contributed by atoms with E-state index in [1.807, 2.05) is 11.5 Å². The molecule has 2 amide bonds. The molecule has 16 heavy (non-hydrogen) atoms. The third-order valence-electron chi connectivity index (χ3n) is 2.06. The van der Waals surface area contributed by atoms with E-state index < -0.39 is 0 Å². The highest BCUT2D eigenvalue weighted by Gasteiger charge is 2.03. The maximum atomic E-state index is 11.5. The van der Waals surface area contributed by atoms with Gasteiger partial charge in [-0.3, -0.25) is 15.0 Å². The number of nitrogens with one attached hydrogen (secondary N) is 2. The summed E-state index contributed by atoms with van der Waals surface area (Å²) in [7, 11) is 0. The molecule has 5 heteroatoms. The molecule has 0 saturated heterocycles. The van der Waals surface area contributed by atoms with E-state index in [9.17, 15) is 9.59 Å². The molecule has 4 N–H and O–H groups in total. The Balaban J connectivity index is 2.24. The van der Waals surface area contributed by atoms with Crippen molar-refractivity contribution in [3.8, 4) is 0 Å². The lowest BCUT2D eigenvalue weighted by atomic mass is 10.2. The molecule has 86 valence electrons. The van der Waals surface area contributed by atoms with Crippen LogP contribution < -0.4 is 16.6 Å². The molecule has 1 aromatic carbocycles. The minimum atomic E-state index is -0.228. The average Bonchev–Trinajstić information content (AvgIpc) is 2.35. The topological polar surface area (TPSA) is 84.2 Å². The second-order valence-corrected chi connectivity index (χ2v) is 3.29. The van der Waals surface area contributed by atoms with Gasteiger partial charge in [-0.15, -0.1) is 0 Å². The summed E-state index contributed by atoms with van der Waals surface area (Å²) in [5, 5.41) is 2.72. The maximum absolute atomic E-state index is 11.5. The quantitative estimate of drug-likeness (QED) is 0.287. The molecule has 0 aromatic heterocycles. The first-order chi connectivity index (χ1) is 7.74. The predicted octanol–water partition coefficient (Wildman–Crippen LogP) is 0.186. The molecule has 0 radical (unpaired) electrons. The zero-order valence-electron chi connectivity index (χ0n) is 8.90. The molecular formula is C11H15N3O2. The second-order valence-electron chi connectivity index (χ2n) is 3.29. The van der Waals surface area contributed by atoms with Crippen molar-refractivity contribution in [2.24, 2.45) is 5.84 Å². The average molecular weight is 221 g/mol. The fourth-order valence-corrected chi connectivity index (χ4v) is 1.21. The molecule has 0 heterocycles. The molecule has 0 aliphatic carbocycles. The molecule has 0 spiro atoms. The molecule has 0 atom stereocenters. The number of carbonyl (C=O) groups is 2. The predicted molar refractivity (Wildman–Crippen MR) is 60.3 cm³/mol. The van der Waals surface area contributed by atoms with Crippen LogP contribution in [0.2, 0.25) is 0 Å². The van der Waals surface area contributed by atoms with Crippen molar-refractivity contribution in [2.45, 2.75) is 12.8 Å². The van der Waals surface area contributed by atoms with Crippen molar-refractivity contribution in [2.75, 3.05) is 6.54 Å². The molecule has 0 fully saturated rings. The van der Waals surface area contributed by atoms with Gasteiger partial charge in [0.15, 0.2) is 0 Å². The third kappa shape index (κ3) is 4.10. The number of carbonyl (C=O) groups excluding carboxylic acids is 2. The van der Waals surface area contributed by atoms with E-state index in [0.29, 0.717) is 24.9 Å². The van der Waals surface area contributed by atoms with Crippen LogP contribution in [0.5, 0.6) is 0 Å². The Bertz CT molecular complexity index is 352. The van der Waals surface area contributed by atoms with Crippen LogP contribution in [0, 0.1) is 0 Å². The van der Waals surface area contributed by atoms with E-state index in [2.05, 4.69) is 5.32 Å². The Morgan fingerprint density at radius 3 is 2.50 bits per heavy atom. The summed E-state index contributed by atoms with van der Waals surface area (Å²) in [6.45, 7) is 0.459. The number of hydrogen-bond acceptors (Lipinski definition) is 3. The summed E-state index contributed by atoms with van der Waals surface area (Å²) in [6.07, 6.45) is 0.882. The lowest BCUT2D eigenvalue weighted by Gasteiger charge is -2.04. The van der Waals surface area contributed by atoms with Crippen LogP contribution in [0.25, 0.3) is 0 Å². The van der Waals surface area contributed by atoms with Crippen LogP contribution >= 0.6 is 0 Å².